The lowest BCUT2D eigenvalue weighted by Gasteiger charge is -2.33. The quantitative estimate of drug-likeness (QED) is 0.619. The highest BCUT2D eigenvalue weighted by atomic mass is 16.6. The van der Waals surface area contributed by atoms with Gasteiger partial charge in [-0.1, -0.05) is 6.07 Å². The number of nitrogens with one attached hydrogen (secondary N) is 1. The SMILES string of the molecule is CC1Oc2ccc(C(N)(CCCN(C)C(=O)OC(C)(C)C)C(=O)OC(C)(C)C)cc2NC1=O. The van der Waals surface area contributed by atoms with Crippen molar-refractivity contribution >= 4 is 23.7 Å². The van der Waals surface area contributed by atoms with E-state index in [4.69, 9.17) is 19.9 Å². The number of rotatable bonds is 6. The average molecular weight is 464 g/mol. The van der Waals surface area contributed by atoms with Crippen LogP contribution in [-0.2, 0) is 24.6 Å². The molecule has 0 saturated carbocycles. The molecule has 0 aliphatic carbocycles. The van der Waals surface area contributed by atoms with Gasteiger partial charge in [-0.3, -0.25) is 4.79 Å². The number of nitrogens with two attached hydrogens (primary N) is 1. The van der Waals surface area contributed by atoms with Crippen molar-refractivity contribution in [3.8, 4) is 5.75 Å². The van der Waals surface area contributed by atoms with Crippen molar-refractivity contribution in [2.45, 2.75) is 84.2 Å². The van der Waals surface area contributed by atoms with E-state index in [2.05, 4.69) is 5.32 Å². The standard InChI is InChI=1S/C24H37N3O6/c1-15-19(28)26-17-14-16(10-11-18(17)31-15)24(25,20(29)32-22(2,3)4)12-9-13-27(8)21(30)33-23(5,6)7/h10-11,14-15H,9,12-13,25H2,1-8H3,(H,26,28). The summed E-state index contributed by atoms with van der Waals surface area (Å²) in [4.78, 5) is 38.9. The Morgan fingerprint density at radius 3 is 2.30 bits per heavy atom. The monoisotopic (exact) mass is 463 g/mol. The van der Waals surface area contributed by atoms with Crippen LogP contribution in [0.25, 0.3) is 0 Å². The Hall–Kier alpha value is -2.81. The Balaban J connectivity index is 2.25. The van der Waals surface area contributed by atoms with Crippen molar-refractivity contribution < 1.29 is 28.6 Å². The number of anilines is 1. The second-order valence-electron chi connectivity index (χ2n) is 10.4. The molecule has 0 aromatic heterocycles. The number of carbonyl (C=O) groups excluding carboxylic acids is 3. The maximum Gasteiger partial charge on any atom is 0.410 e. The summed E-state index contributed by atoms with van der Waals surface area (Å²) < 4.78 is 16.6. The molecule has 1 aromatic rings. The van der Waals surface area contributed by atoms with Gasteiger partial charge in [0.2, 0.25) is 0 Å². The number of nitrogens with zero attached hydrogens (tertiary/aromatic N) is 1. The van der Waals surface area contributed by atoms with Crippen LogP contribution in [0.15, 0.2) is 18.2 Å². The highest BCUT2D eigenvalue weighted by Crippen LogP contribution is 2.36. The van der Waals surface area contributed by atoms with Crippen molar-refractivity contribution in [1.29, 1.82) is 0 Å². The molecule has 9 heteroatoms. The Morgan fingerprint density at radius 1 is 1.12 bits per heavy atom. The Morgan fingerprint density at radius 2 is 1.73 bits per heavy atom. The Bertz CT molecular complexity index is 902. The number of carbonyl (C=O) groups is 3. The van der Waals surface area contributed by atoms with Crippen LogP contribution >= 0.6 is 0 Å². The van der Waals surface area contributed by atoms with Gasteiger partial charge in [0.05, 0.1) is 5.69 Å². The van der Waals surface area contributed by atoms with Gasteiger partial charge in [-0.05, 0) is 79.0 Å². The van der Waals surface area contributed by atoms with Crippen LogP contribution in [0.2, 0.25) is 0 Å². The molecular weight excluding hydrogens is 426 g/mol. The third-order valence-electron chi connectivity index (χ3n) is 4.96. The van der Waals surface area contributed by atoms with Crippen molar-refractivity contribution in [3.63, 3.8) is 0 Å². The molecule has 2 rings (SSSR count). The number of hydrogen-bond donors (Lipinski definition) is 2. The third kappa shape index (κ3) is 7.08. The van der Waals surface area contributed by atoms with Gasteiger partial charge < -0.3 is 30.2 Å². The first-order chi connectivity index (χ1) is 15.0. The lowest BCUT2D eigenvalue weighted by atomic mass is 9.85. The average Bonchev–Trinajstić information content (AvgIpc) is 2.65. The van der Waals surface area contributed by atoms with Gasteiger partial charge >= 0.3 is 12.1 Å². The zero-order chi connectivity index (χ0) is 25.2. The highest BCUT2D eigenvalue weighted by Gasteiger charge is 2.40. The lowest BCUT2D eigenvalue weighted by molar-refractivity contribution is -0.162. The van der Waals surface area contributed by atoms with Crippen molar-refractivity contribution in [1.82, 2.24) is 4.90 Å². The topological polar surface area (TPSA) is 120 Å². The minimum Gasteiger partial charge on any atom is -0.479 e. The summed E-state index contributed by atoms with van der Waals surface area (Å²) >= 11 is 0. The van der Waals surface area contributed by atoms with E-state index < -0.39 is 34.9 Å². The minimum atomic E-state index is -1.50. The maximum atomic E-state index is 13.2. The van der Waals surface area contributed by atoms with E-state index in [1.807, 2.05) is 0 Å². The molecule has 1 aromatic carbocycles. The van der Waals surface area contributed by atoms with Crippen LogP contribution in [0.1, 0.15) is 66.9 Å². The van der Waals surface area contributed by atoms with E-state index >= 15 is 0 Å². The molecule has 0 bridgehead atoms. The highest BCUT2D eigenvalue weighted by molar-refractivity contribution is 5.98. The fourth-order valence-corrected chi connectivity index (χ4v) is 3.25. The molecule has 2 unspecified atom stereocenters. The molecule has 184 valence electrons. The number of hydrogen-bond acceptors (Lipinski definition) is 7. The molecule has 1 aliphatic rings. The smallest absolute Gasteiger partial charge is 0.410 e. The van der Waals surface area contributed by atoms with Gasteiger partial charge in [0.25, 0.3) is 5.91 Å². The van der Waals surface area contributed by atoms with E-state index in [0.29, 0.717) is 30.0 Å². The first-order valence-corrected chi connectivity index (χ1v) is 11.1. The van der Waals surface area contributed by atoms with Gasteiger partial charge in [-0.2, -0.15) is 0 Å². The van der Waals surface area contributed by atoms with Gasteiger partial charge in [0.15, 0.2) is 6.10 Å². The summed E-state index contributed by atoms with van der Waals surface area (Å²) in [5.41, 5.74) is 4.75. The van der Waals surface area contributed by atoms with E-state index in [1.165, 1.54) is 4.90 Å². The van der Waals surface area contributed by atoms with Crippen LogP contribution in [0, 0.1) is 0 Å². The second kappa shape index (κ2) is 9.59. The molecule has 0 saturated heterocycles. The predicted octanol–water partition coefficient (Wildman–Crippen LogP) is 3.55. The molecule has 0 spiro atoms. The Labute approximate surface area is 195 Å². The summed E-state index contributed by atoms with van der Waals surface area (Å²) in [5, 5.41) is 2.78. The molecule has 33 heavy (non-hydrogen) atoms. The fourth-order valence-electron chi connectivity index (χ4n) is 3.25. The van der Waals surface area contributed by atoms with Gasteiger partial charge in [-0.15, -0.1) is 0 Å². The largest absolute Gasteiger partial charge is 0.479 e. The second-order valence-corrected chi connectivity index (χ2v) is 10.4. The van der Waals surface area contributed by atoms with E-state index in [-0.39, 0.29) is 12.3 Å². The van der Waals surface area contributed by atoms with Crippen LogP contribution in [0.3, 0.4) is 0 Å². The van der Waals surface area contributed by atoms with Crippen LogP contribution in [0.4, 0.5) is 10.5 Å². The summed E-state index contributed by atoms with van der Waals surface area (Å²) in [6, 6.07) is 5.02. The molecule has 9 nitrogen and oxygen atoms in total. The summed E-state index contributed by atoms with van der Waals surface area (Å²) in [5.74, 6) is -0.369. The lowest BCUT2D eigenvalue weighted by Crippen LogP contribution is -2.49. The van der Waals surface area contributed by atoms with Gasteiger partial charge in [0.1, 0.15) is 22.5 Å². The van der Waals surface area contributed by atoms with E-state index in [1.54, 1.807) is 73.7 Å². The zero-order valence-electron chi connectivity index (χ0n) is 20.9. The van der Waals surface area contributed by atoms with Crippen LogP contribution < -0.4 is 15.8 Å². The maximum absolute atomic E-state index is 13.2. The normalized spacial score (nSPS) is 17.7. The molecule has 0 radical (unpaired) electrons. The molecule has 0 fully saturated rings. The predicted molar refractivity (Wildman–Crippen MR) is 125 cm³/mol. The van der Waals surface area contributed by atoms with Crippen LogP contribution in [0.5, 0.6) is 5.75 Å². The fraction of sp³-hybridized carbons (Fsp3) is 0.625. The zero-order valence-corrected chi connectivity index (χ0v) is 20.9. The number of fused-ring (bicyclic) bond motifs is 1. The summed E-state index contributed by atoms with van der Waals surface area (Å²) in [7, 11) is 1.63. The summed E-state index contributed by atoms with van der Waals surface area (Å²) in [6.07, 6.45) is -0.438. The molecule has 2 atom stereocenters. The number of ether oxygens (including phenoxy) is 3. The van der Waals surface area contributed by atoms with Gasteiger partial charge in [0, 0.05) is 13.6 Å². The van der Waals surface area contributed by atoms with Crippen molar-refractivity contribution in [2.75, 3.05) is 18.9 Å². The van der Waals surface area contributed by atoms with Crippen molar-refractivity contribution in [2.24, 2.45) is 5.73 Å². The molecule has 2 amide bonds. The first kappa shape index (κ1) is 26.4. The number of amides is 2. The molecule has 1 heterocycles. The first-order valence-electron chi connectivity index (χ1n) is 11.1. The Kier molecular flexibility index (Phi) is 7.68. The van der Waals surface area contributed by atoms with Gasteiger partial charge in [-0.25, -0.2) is 9.59 Å². The third-order valence-corrected chi connectivity index (χ3v) is 4.96. The summed E-state index contributed by atoms with van der Waals surface area (Å²) in [6.45, 7) is 12.7. The molecule has 3 N–H and O–H groups in total. The van der Waals surface area contributed by atoms with Crippen molar-refractivity contribution in [3.05, 3.63) is 23.8 Å². The minimum absolute atomic E-state index is 0.207. The van der Waals surface area contributed by atoms with E-state index in [9.17, 15) is 14.4 Å². The number of benzene rings is 1. The molecular formula is C24H37N3O6. The van der Waals surface area contributed by atoms with E-state index in [0.717, 1.165) is 0 Å². The number of esters is 1. The molecule has 1 aliphatic heterocycles. The van der Waals surface area contributed by atoms with Crippen LogP contribution in [-0.4, -0.2) is 53.8 Å².